The minimum Gasteiger partial charge on any atom is -0.435 e. The summed E-state index contributed by atoms with van der Waals surface area (Å²) >= 11 is 0. The molecule has 32 heavy (non-hydrogen) atoms. The van der Waals surface area contributed by atoms with Crippen LogP contribution in [-0.4, -0.2) is 16.0 Å². The van der Waals surface area contributed by atoms with Gasteiger partial charge in [-0.2, -0.15) is 8.78 Å². The maximum absolute atomic E-state index is 14.3. The number of halogens is 4. The van der Waals surface area contributed by atoms with Crippen LogP contribution in [0.25, 0.3) is 22.5 Å². The summed E-state index contributed by atoms with van der Waals surface area (Å²) in [4.78, 5) is 4.33. The predicted molar refractivity (Wildman–Crippen MR) is 113 cm³/mol. The van der Waals surface area contributed by atoms with Crippen LogP contribution in [0, 0.1) is 11.6 Å². The van der Waals surface area contributed by atoms with Gasteiger partial charge in [0.1, 0.15) is 23.0 Å². The van der Waals surface area contributed by atoms with Crippen molar-refractivity contribution in [3.8, 4) is 17.0 Å². The maximum Gasteiger partial charge on any atom is 0.387 e. The molecule has 0 aliphatic rings. The smallest absolute Gasteiger partial charge is 0.387 e. The second kappa shape index (κ2) is 8.72. The van der Waals surface area contributed by atoms with Crippen LogP contribution in [0.2, 0.25) is 0 Å². The zero-order valence-electron chi connectivity index (χ0n) is 16.6. The highest BCUT2D eigenvalue weighted by molar-refractivity contribution is 5.73. The lowest BCUT2D eigenvalue weighted by atomic mass is 9.94. The zero-order valence-corrected chi connectivity index (χ0v) is 16.6. The van der Waals surface area contributed by atoms with E-state index in [0.717, 1.165) is 12.1 Å². The molecule has 164 valence electrons. The molecule has 1 atom stereocenters. The summed E-state index contributed by atoms with van der Waals surface area (Å²) in [6.45, 7) is -2.91. The lowest BCUT2D eigenvalue weighted by molar-refractivity contribution is -0.0498. The quantitative estimate of drug-likeness (QED) is 0.417. The van der Waals surface area contributed by atoms with Crippen LogP contribution < -0.4 is 16.2 Å². The number of hydrogen-bond donors (Lipinski definition) is 2. The number of benzene rings is 2. The summed E-state index contributed by atoms with van der Waals surface area (Å²) in [6.07, 6.45) is 4.52. The fourth-order valence-electron chi connectivity index (χ4n) is 3.51. The van der Waals surface area contributed by atoms with Gasteiger partial charge in [0.05, 0.1) is 17.9 Å². The third-order valence-electron chi connectivity index (χ3n) is 5.04. The van der Waals surface area contributed by atoms with Crippen LogP contribution in [0.5, 0.6) is 5.75 Å². The Morgan fingerprint density at radius 2 is 1.69 bits per heavy atom. The van der Waals surface area contributed by atoms with Crippen LogP contribution in [0.1, 0.15) is 17.2 Å². The Balaban J connectivity index is 1.73. The van der Waals surface area contributed by atoms with Gasteiger partial charge in [0.25, 0.3) is 0 Å². The lowest BCUT2D eigenvalue weighted by Crippen LogP contribution is -2.17. The van der Waals surface area contributed by atoms with Gasteiger partial charge in [-0.1, -0.05) is 6.07 Å². The van der Waals surface area contributed by atoms with Gasteiger partial charge in [0.15, 0.2) is 0 Å². The average Bonchev–Trinajstić information content (AvgIpc) is 3.18. The van der Waals surface area contributed by atoms with Gasteiger partial charge in [-0.15, -0.1) is 0 Å². The first-order valence-corrected chi connectivity index (χ1v) is 9.53. The number of nitrogens with zero attached hydrogens (tertiary/aromatic N) is 2. The standard InChI is InChI=1S/C23H18F4N4O/c24-17-2-1-3-18(25)21(17)22(29)16(10-28)14-6-9-20-30-11-19(31(20)12-14)13-4-7-15(8-5-13)32-23(26)27/h1-12,22-23H,28-29H2/b16-10-. The number of fused-ring (bicyclic) bond motifs is 1. The molecule has 0 saturated carbocycles. The van der Waals surface area contributed by atoms with E-state index in [0.29, 0.717) is 28.0 Å². The van der Waals surface area contributed by atoms with Gasteiger partial charge in [-0.05, 0) is 65.9 Å². The monoisotopic (exact) mass is 442 g/mol. The lowest BCUT2D eigenvalue weighted by Gasteiger charge is -2.18. The van der Waals surface area contributed by atoms with E-state index in [1.54, 1.807) is 41.1 Å². The third-order valence-corrected chi connectivity index (χ3v) is 5.04. The van der Waals surface area contributed by atoms with Crippen molar-refractivity contribution in [2.45, 2.75) is 12.7 Å². The first-order valence-electron chi connectivity index (χ1n) is 9.53. The van der Waals surface area contributed by atoms with Crippen LogP contribution >= 0.6 is 0 Å². The molecule has 2 heterocycles. The SMILES string of the molecule is N/C=C(/c1ccc2ncc(-c3ccc(OC(F)F)cc3)n2c1)C(N)c1c(F)cccc1F. The molecular formula is C23H18F4N4O. The van der Waals surface area contributed by atoms with Gasteiger partial charge in [-0.25, -0.2) is 13.8 Å². The van der Waals surface area contributed by atoms with Crippen molar-refractivity contribution in [1.29, 1.82) is 0 Å². The molecule has 0 fully saturated rings. The van der Waals surface area contributed by atoms with Crippen LogP contribution in [-0.2, 0) is 0 Å². The Kier molecular flexibility index (Phi) is 5.83. The number of ether oxygens (including phenoxy) is 1. The molecule has 4 N–H and O–H groups in total. The molecule has 4 rings (SSSR count). The van der Waals surface area contributed by atoms with Gasteiger partial charge < -0.3 is 16.2 Å². The number of imidazole rings is 1. The minimum absolute atomic E-state index is 0.0319. The summed E-state index contributed by atoms with van der Waals surface area (Å²) in [6, 6.07) is 11.9. The molecule has 2 aromatic carbocycles. The molecule has 0 aliphatic carbocycles. The molecule has 5 nitrogen and oxygen atoms in total. The number of nitrogens with two attached hydrogens (primary N) is 2. The van der Waals surface area contributed by atoms with Gasteiger partial charge in [0, 0.05) is 17.3 Å². The van der Waals surface area contributed by atoms with Crippen molar-refractivity contribution in [3.05, 3.63) is 96.0 Å². The number of hydrogen-bond acceptors (Lipinski definition) is 4. The normalized spacial score (nSPS) is 13.0. The highest BCUT2D eigenvalue weighted by atomic mass is 19.3. The Bertz CT molecular complexity index is 1260. The molecule has 0 radical (unpaired) electrons. The van der Waals surface area contributed by atoms with E-state index in [2.05, 4.69) is 9.72 Å². The Morgan fingerprint density at radius 1 is 1.00 bits per heavy atom. The molecule has 2 aromatic heterocycles. The van der Waals surface area contributed by atoms with E-state index in [-0.39, 0.29) is 11.3 Å². The largest absolute Gasteiger partial charge is 0.435 e. The van der Waals surface area contributed by atoms with Crippen molar-refractivity contribution in [2.24, 2.45) is 11.5 Å². The average molecular weight is 442 g/mol. The second-order valence-corrected chi connectivity index (χ2v) is 6.93. The predicted octanol–water partition coefficient (Wildman–Crippen LogP) is 4.88. The number of pyridine rings is 1. The van der Waals surface area contributed by atoms with E-state index in [4.69, 9.17) is 11.5 Å². The highest BCUT2D eigenvalue weighted by Gasteiger charge is 2.22. The summed E-state index contributed by atoms with van der Waals surface area (Å²) in [5, 5.41) is 0. The summed E-state index contributed by atoms with van der Waals surface area (Å²) < 4.78 is 59.4. The molecule has 0 bridgehead atoms. The van der Waals surface area contributed by atoms with Crippen molar-refractivity contribution in [1.82, 2.24) is 9.38 Å². The van der Waals surface area contributed by atoms with E-state index in [1.165, 1.54) is 24.4 Å². The van der Waals surface area contributed by atoms with Crippen LogP contribution in [0.4, 0.5) is 17.6 Å². The third kappa shape index (κ3) is 4.02. The fraction of sp³-hybridized carbons (Fsp3) is 0.0870. The summed E-state index contributed by atoms with van der Waals surface area (Å²) in [5.41, 5.74) is 14.5. The zero-order chi connectivity index (χ0) is 22.8. The van der Waals surface area contributed by atoms with Gasteiger partial charge in [0.2, 0.25) is 0 Å². The van der Waals surface area contributed by atoms with E-state index >= 15 is 0 Å². The Labute approximate surface area is 180 Å². The van der Waals surface area contributed by atoms with Gasteiger partial charge in [-0.3, -0.25) is 4.40 Å². The molecule has 0 saturated heterocycles. The van der Waals surface area contributed by atoms with E-state index < -0.39 is 24.3 Å². The minimum atomic E-state index is -2.91. The molecule has 4 aromatic rings. The molecule has 0 aliphatic heterocycles. The Hall–Kier alpha value is -3.85. The van der Waals surface area contributed by atoms with Crippen LogP contribution in [0.15, 0.2) is 73.2 Å². The van der Waals surface area contributed by atoms with Crippen molar-refractivity contribution in [2.75, 3.05) is 0 Å². The Morgan fingerprint density at radius 3 is 2.31 bits per heavy atom. The summed E-state index contributed by atoms with van der Waals surface area (Å²) in [7, 11) is 0. The van der Waals surface area contributed by atoms with E-state index in [9.17, 15) is 17.6 Å². The number of rotatable bonds is 6. The van der Waals surface area contributed by atoms with Crippen LogP contribution in [0.3, 0.4) is 0 Å². The first-order chi connectivity index (χ1) is 15.4. The first kappa shape index (κ1) is 21.4. The highest BCUT2D eigenvalue weighted by Crippen LogP contribution is 2.32. The number of alkyl halides is 2. The summed E-state index contributed by atoms with van der Waals surface area (Å²) in [5.74, 6) is -1.51. The molecule has 1 unspecified atom stereocenters. The van der Waals surface area contributed by atoms with Gasteiger partial charge >= 0.3 is 6.61 Å². The van der Waals surface area contributed by atoms with Crippen molar-refractivity contribution >= 4 is 11.2 Å². The topological polar surface area (TPSA) is 78.6 Å². The maximum atomic E-state index is 14.3. The molecule has 9 heteroatoms. The molecule has 0 spiro atoms. The second-order valence-electron chi connectivity index (χ2n) is 6.93. The van der Waals surface area contributed by atoms with Crippen molar-refractivity contribution in [3.63, 3.8) is 0 Å². The fourth-order valence-corrected chi connectivity index (χ4v) is 3.51. The van der Waals surface area contributed by atoms with E-state index in [1.807, 2.05) is 0 Å². The van der Waals surface area contributed by atoms with Crippen molar-refractivity contribution < 1.29 is 22.3 Å². The molecule has 0 amide bonds. The number of aromatic nitrogens is 2. The molecular weight excluding hydrogens is 424 g/mol.